The molecule has 0 bridgehead atoms. The second kappa shape index (κ2) is 18.8. The summed E-state index contributed by atoms with van der Waals surface area (Å²) < 4.78 is 0. The number of benzene rings is 8. The fourth-order valence-electron chi connectivity index (χ4n) is 9.83. The molecule has 0 saturated heterocycles. The summed E-state index contributed by atoms with van der Waals surface area (Å²) in [5, 5.41) is 0. The van der Waals surface area contributed by atoms with Crippen LogP contribution < -0.4 is 0 Å². The van der Waals surface area contributed by atoms with Crippen molar-refractivity contribution in [2.24, 2.45) is 0 Å². The van der Waals surface area contributed by atoms with Gasteiger partial charge in [0.1, 0.15) is 0 Å². The number of rotatable bonds is 8. The predicted molar refractivity (Wildman–Crippen MR) is 272 cm³/mol. The largest absolute Gasteiger partial charge is 0.0622 e. The lowest BCUT2D eigenvalue weighted by atomic mass is 9.80. The lowest BCUT2D eigenvalue weighted by Crippen LogP contribution is -2.02. The van der Waals surface area contributed by atoms with Gasteiger partial charge in [0.2, 0.25) is 0 Å². The topological polar surface area (TPSA) is 0 Å². The van der Waals surface area contributed by atoms with Gasteiger partial charge in [-0.25, -0.2) is 0 Å². The molecule has 0 nitrogen and oxygen atoms in total. The first-order valence-electron chi connectivity index (χ1n) is 22.5. The van der Waals surface area contributed by atoms with E-state index in [0.717, 1.165) is 0 Å². The van der Waals surface area contributed by atoms with Crippen molar-refractivity contribution in [3.63, 3.8) is 0 Å². The molecule has 0 heteroatoms. The molecule has 0 heterocycles. The van der Waals surface area contributed by atoms with Crippen LogP contribution in [0.15, 0.2) is 158 Å². The minimum atomic E-state index is 0.415. The molecule has 0 unspecified atom stereocenters. The Kier molecular flexibility index (Phi) is 13.3. The van der Waals surface area contributed by atoms with Crippen LogP contribution >= 0.6 is 0 Å². The third kappa shape index (κ3) is 8.89. The Morgan fingerprint density at radius 1 is 0.274 bits per heavy atom. The summed E-state index contributed by atoms with van der Waals surface area (Å²) >= 11 is 0. The summed E-state index contributed by atoms with van der Waals surface area (Å²) in [6, 6.07) is 57.6. The molecular weight excluding hydrogens is 745 g/mol. The zero-order chi connectivity index (χ0) is 44.2. The molecule has 0 aliphatic heterocycles. The predicted octanol–water partition coefficient (Wildman–Crippen LogP) is 18.1. The van der Waals surface area contributed by atoms with Crippen molar-refractivity contribution in [1.82, 2.24) is 0 Å². The maximum Gasteiger partial charge on any atom is -0.0120 e. The molecule has 0 aliphatic carbocycles. The lowest BCUT2D eigenvalue weighted by molar-refractivity contribution is 0.871. The van der Waals surface area contributed by atoms with Crippen LogP contribution in [0, 0.1) is 55.4 Å². The van der Waals surface area contributed by atoms with Crippen LogP contribution in [0.2, 0.25) is 0 Å². The SMILES string of the molecule is Cc1c(C)c(C)c(-c2cc(-c3ccccc3)c(C(C)C)c(-c3ccccc3)c2)c(C)c1C.Cc1cc(C)c(-c2cc(-c3ccccc3)c(C(C)C)c(-c3ccccc3)c2)c(C)c1. The van der Waals surface area contributed by atoms with Gasteiger partial charge in [-0.05, 0) is 208 Å². The smallest absolute Gasteiger partial charge is 0.0120 e. The van der Waals surface area contributed by atoms with E-state index in [2.05, 4.69) is 241 Å². The average Bonchev–Trinajstić information content (AvgIpc) is 3.28. The normalized spacial score (nSPS) is 11.2. The van der Waals surface area contributed by atoms with Crippen molar-refractivity contribution < 1.29 is 0 Å². The van der Waals surface area contributed by atoms with Crippen LogP contribution in [0.4, 0.5) is 0 Å². The van der Waals surface area contributed by atoms with Crippen LogP contribution in [0.25, 0.3) is 66.8 Å². The van der Waals surface area contributed by atoms with E-state index in [1.807, 2.05) is 0 Å². The van der Waals surface area contributed by atoms with Gasteiger partial charge in [-0.2, -0.15) is 0 Å². The van der Waals surface area contributed by atoms with E-state index >= 15 is 0 Å². The van der Waals surface area contributed by atoms with Gasteiger partial charge >= 0.3 is 0 Å². The molecule has 0 amide bonds. The van der Waals surface area contributed by atoms with Gasteiger partial charge in [0.15, 0.2) is 0 Å². The lowest BCUT2D eigenvalue weighted by Gasteiger charge is -2.24. The zero-order valence-corrected chi connectivity index (χ0v) is 39.2. The van der Waals surface area contributed by atoms with Crippen molar-refractivity contribution in [3.8, 4) is 66.8 Å². The monoisotopic (exact) mass is 809 g/mol. The number of aryl methyl sites for hydroxylation is 3. The molecule has 0 fully saturated rings. The molecule has 0 aromatic heterocycles. The Labute approximate surface area is 373 Å². The maximum atomic E-state index is 2.43. The number of hydrogen-bond donors (Lipinski definition) is 0. The summed E-state index contributed by atoms with van der Waals surface area (Å²) in [4.78, 5) is 0. The molecule has 0 spiro atoms. The van der Waals surface area contributed by atoms with Crippen LogP contribution in [0.3, 0.4) is 0 Å². The Morgan fingerprint density at radius 3 is 0.806 bits per heavy atom. The zero-order valence-electron chi connectivity index (χ0n) is 39.2. The van der Waals surface area contributed by atoms with Crippen molar-refractivity contribution in [2.75, 3.05) is 0 Å². The third-order valence-corrected chi connectivity index (χ3v) is 13.1. The second-order valence-electron chi connectivity index (χ2n) is 18.0. The Hall–Kier alpha value is -6.24. The molecule has 0 radical (unpaired) electrons. The maximum absolute atomic E-state index is 2.43. The van der Waals surface area contributed by atoms with E-state index in [1.165, 1.54) is 122 Å². The van der Waals surface area contributed by atoms with Gasteiger partial charge in [-0.15, -0.1) is 0 Å². The molecule has 0 atom stereocenters. The van der Waals surface area contributed by atoms with Crippen LogP contribution in [-0.4, -0.2) is 0 Å². The first-order chi connectivity index (χ1) is 29.8. The van der Waals surface area contributed by atoms with Gasteiger partial charge in [0, 0.05) is 0 Å². The Morgan fingerprint density at radius 2 is 0.532 bits per heavy atom. The van der Waals surface area contributed by atoms with Crippen LogP contribution in [-0.2, 0) is 0 Å². The molecule has 8 rings (SSSR count). The Balaban J connectivity index is 0.000000187. The summed E-state index contributed by atoms with van der Waals surface area (Å²) in [5.74, 6) is 0.836. The van der Waals surface area contributed by atoms with E-state index < -0.39 is 0 Å². The van der Waals surface area contributed by atoms with Gasteiger partial charge in [0.25, 0.3) is 0 Å². The molecular formula is C62H64. The Bertz CT molecular complexity index is 2650. The van der Waals surface area contributed by atoms with E-state index in [-0.39, 0.29) is 0 Å². The highest BCUT2D eigenvalue weighted by Crippen LogP contribution is 2.45. The van der Waals surface area contributed by atoms with Crippen molar-refractivity contribution in [2.45, 2.75) is 94.9 Å². The summed E-state index contributed by atoms with van der Waals surface area (Å²) in [7, 11) is 0. The standard InChI is InChI=1S/C32H34.C30H30/c1-20(2)31-29(26-14-10-8-11-15-26)18-28(19-30(31)27-16-12-9-13-17-27)32-24(6)22(4)21(3)23(5)25(32)7;1-20(2)29-27(24-12-8-6-9-13-24)18-26(19-28(29)25-14-10-7-11-15-25)30-22(4)16-21(3)17-23(30)5/h8-20H,1-7H3;6-20H,1-5H3. The second-order valence-corrected chi connectivity index (χ2v) is 18.0. The molecule has 0 saturated carbocycles. The molecule has 0 N–H and O–H groups in total. The van der Waals surface area contributed by atoms with E-state index in [1.54, 1.807) is 0 Å². The van der Waals surface area contributed by atoms with Gasteiger partial charge in [0.05, 0.1) is 0 Å². The quantitative estimate of drug-likeness (QED) is 0.143. The first-order valence-corrected chi connectivity index (χ1v) is 22.5. The molecule has 8 aromatic carbocycles. The highest BCUT2D eigenvalue weighted by Gasteiger charge is 2.22. The molecule has 8 aromatic rings. The van der Waals surface area contributed by atoms with Crippen LogP contribution in [0.5, 0.6) is 0 Å². The van der Waals surface area contributed by atoms with Gasteiger partial charge in [-0.3, -0.25) is 0 Å². The third-order valence-electron chi connectivity index (χ3n) is 13.1. The average molecular weight is 809 g/mol. The van der Waals surface area contributed by atoms with E-state index in [9.17, 15) is 0 Å². The van der Waals surface area contributed by atoms with Crippen LogP contribution in [0.1, 0.15) is 95.2 Å². The minimum Gasteiger partial charge on any atom is -0.0622 e. The van der Waals surface area contributed by atoms with Crippen molar-refractivity contribution in [3.05, 3.63) is 213 Å². The number of hydrogen-bond acceptors (Lipinski definition) is 0. The van der Waals surface area contributed by atoms with E-state index in [0.29, 0.717) is 11.8 Å². The summed E-state index contributed by atoms with van der Waals surface area (Å²) in [6.07, 6.45) is 0. The van der Waals surface area contributed by atoms with Gasteiger partial charge in [-0.1, -0.05) is 167 Å². The van der Waals surface area contributed by atoms with E-state index in [4.69, 9.17) is 0 Å². The molecule has 62 heavy (non-hydrogen) atoms. The highest BCUT2D eigenvalue weighted by atomic mass is 14.3. The molecule has 312 valence electrons. The van der Waals surface area contributed by atoms with Gasteiger partial charge < -0.3 is 0 Å². The summed E-state index contributed by atoms with van der Waals surface area (Å²) in [6.45, 7) is 27.2. The fourth-order valence-corrected chi connectivity index (χ4v) is 9.83. The highest BCUT2D eigenvalue weighted by molar-refractivity contribution is 5.89. The van der Waals surface area contributed by atoms with Crippen molar-refractivity contribution >= 4 is 0 Å². The minimum absolute atomic E-state index is 0.415. The summed E-state index contributed by atoms with van der Waals surface area (Å²) in [5.41, 5.74) is 29.6. The first kappa shape index (κ1) is 43.8. The fraction of sp³-hybridized carbons (Fsp3) is 0.226. The molecule has 0 aliphatic rings. The van der Waals surface area contributed by atoms with Crippen molar-refractivity contribution in [1.29, 1.82) is 0 Å².